The van der Waals surface area contributed by atoms with E-state index in [1.165, 1.54) is 5.56 Å². The van der Waals surface area contributed by atoms with Crippen LogP contribution in [0.5, 0.6) is 0 Å². The van der Waals surface area contributed by atoms with Gasteiger partial charge in [0.1, 0.15) is 11.5 Å². The van der Waals surface area contributed by atoms with Crippen molar-refractivity contribution in [2.24, 2.45) is 7.05 Å². The zero-order valence-electron chi connectivity index (χ0n) is 10.4. The van der Waals surface area contributed by atoms with Crippen LogP contribution in [-0.4, -0.2) is 19.7 Å². The SMILES string of the molecule is Cc1cc(NCc2c[nH]c3ncccc23)nn1C. The highest BCUT2D eigenvalue weighted by atomic mass is 15.3. The molecule has 0 atom stereocenters. The van der Waals surface area contributed by atoms with Gasteiger partial charge < -0.3 is 10.3 Å². The summed E-state index contributed by atoms with van der Waals surface area (Å²) < 4.78 is 1.86. The van der Waals surface area contributed by atoms with Gasteiger partial charge >= 0.3 is 0 Å². The second-order valence-corrected chi connectivity index (χ2v) is 4.36. The lowest BCUT2D eigenvalue weighted by Crippen LogP contribution is -2.00. The summed E-state index contributed by atoms with van der Waals surface area (Å²) in [5.74, 6) is 0.897. The van der Waals surface area contributed by atoms with E-state index in [2.05, 4.69) is 26.4 Å². The Kier molecular flexibility index (Phi) is 2.51. The van der Waals surface area contributed by atoms with Crippen molar-refractivity contribution in [1.82, 2.24) is 19.7 Å². The second-order valence-electron chi connectivity index (χ2n) is 4.36. The fourth-order valence-electron chi connectivity index (χ4n) is 1.99. The number of aromatic nitrogens is 4. The first-order valence-electron chi connectivity index (χ1n) is 5.89. The molecular formula is C13H15N5. The third-order valence-corrected chi connectivity index (χ3v) is 3.11. The first-order chi connectivity index (χ1) is 8.74. The zero-order chi connectivity index (χ0) is 12.5. The molecule has 0 amide bonds. The van der Waals surface area contributed by atoms with Crippen LogP contribution in [0, 0.1) is 6.92 Å². The molecule has 0 radical (unpaired) electrons. The Labute approximate surface area is 105 Å². The van der Waals surface area contributed by atoms with Crippen molar-refractivity contribution < 1.29 is 0 Å². The van der Waals surface area contributed by atoms with E-state index in [1.54, 1.807) is 6.20 Å². The first-order valence-corrected chi connectivity index (χ1v) is 5.89. The average Bonchev–Trinajstić information content (AvgIpc) is 2.92. The Morgan fingerprint density at radius 3 is 3.11 bits per heavy atom. The van der Waals surface area contributed by atoms with Crippen LogP contribution in [0.1, 0.15) is 11.3 Å². The highest BCUT2D eigenvalue weighted by molar-refractivity contribution is 5.79. The van der Waals surface area contributed by atoms with Gasteiger partial charge in [-0.05, 0) is 24.6 Å². The van der Waals surface area contributed by atoms with E-state index in [-0.39, 0.29) is 0 Å². The van der Waals surface area contributed by atoms with Crippen LogP contribution in [0.25, 0.3) is 11.0 Å². The van der Waals surface area contributed by atoms with E-state index in [4.69, 9.17) is 0 Å². The number of anilines is 1. The van der Waals surface area contributed by atoms with Gasteiger partial charge in [0.2, 0.25) is 0 Å². The smallest absolute Gasteiger partial charge is 0.148 e. The number of fused-ring (bicyclic) bond motifs is 1. The molecule has 0 saturated carbocycles. The number of hydrogen-bond donors (Lipinski definition) is 2. The molecule has 0 aliphatic carbocycles. The maximum atomic E-state index is 4.37. The second kappa shape index (κ2) is 4.18. The van der Waals surface area contributed by atoms with Crippen molar-refractivity contribution in [2.75, 3.05) is 5.32 Å². The standard InChI is InChI=1S/C13H15N5/c1-9-6-12(17-18(9)2)15-7-10-8-16-13-11(10)4-3-5-14-13/h3-6,8H,7H2,1-2H3,(H,14,16)(H,15,17). The topological polar surface area (TPSA) is 58.5 Å². The largest absolute Gasteiger partial charge is 0.364 e. The minimum atomic E-state index is 0.738. The highest BCUT2D eigenvalue weighted by Crippen LogP contribution is 2.17. The number of H-pyrrole nitrogens is 1. The van der Waals surface area contributed by atoms with Crippen LogP contribution in [0.3, 0.4) is 0 Å². The molecule has 0 bridgehead atoms. The highest BCUT2D eigenvalue weighted by Gasteiger charge is 2.05. The normalized spacial score (nSPS) is 11.0. The van der Waals surface area contributed by atoms with E-state index < -0.39 is 0 Å². The molecule has 0 aromatic carbocycles. The van der Waals surface area contributed by atoms with Gasteiger partial charge in [-0.2, -0.15) is 5.10 Å². The van der Waals surface area contributed by atoms with Gasteiger partial charge in [-0.1, -0.05) is 0 Å². The molecule has 0 aliphatic heterocycles. The summed E-state index contributed by atoms with van der Waals surface area (Å²) in [6, 6.07) is 6.05. The van der Waals surface area contributed by atoms with Crippen molar-refractivity contribution in [2.45, 2.75) is 13.5 Å². The van der Waals surface area contributed by atoms with Crippen molar-refractivity contribution in [3.63, 3.8) is 0 Å². The van der Waals surface area contributed by atoms with Crippen LogP contribution in [0.4, 0.5) is 5.82 Å². The number of aryl methyl sites for hydroxylation is 2. The fourth-order valence-corrected chi connectivity index (χ4v) is 1.99. The zero-order valence-corrected chi connectivity index (χ0v) is 10.4. The van der Waals surface area contributed by atoms with E-state index >= 15 is 0 Å². The lowest BCUT2D eigenvalue weighted by molar-refractivity contribution is 0.741. The predicted octanol–water partition coefficient (Wildman–Crippen LogP) is 2.22. The maximum Gasteiger partial charge on any atom is 0.148 e. The summed E-state index contributed by atoms with van der Waals surface area (Å²) >= 11 is 0. The van der Waals surface area contributed by atoms with Crippen molar-refractivity contribution in [3.05, 3.63) is 41.9 Å². The fraction of sp³-hybridized carbons (Fsp3) is 0.231. The van der Waals surface area contributed by atoms with E-state index in [9.17, 15) is 0 Å². The van der Waals surface area contributed by atoms with Crippen LogP contribution in [0.2, 0.25) is 0 Å². The Morgan fingerprint density at radius 2 is 2.33 bits per heavy atom. The molecule has 18 heavy (non-hydrogen) atoms. The monoisotopic (exact) mass is 241 g/mol. The average molecular weight is 241 g/mol. The number of hydrogen-bond acceptors (Lipinski definition) is 3. The van der Waals surface area contributed by atoms with E-state index in [0.29, 0.717) is 0 Å². The molecule has 0 saturated heterocycles. The molecular weight excluding hydrogens is 226 g/mol. The van der Waals surface area contributed by atoms with Gasteiger partial charge in [-0.3, -0.25) is 4.68 Å². The predicted molar refractivity (Wildman–Crippen MR) is 71.4 cm³/mol. The van der Waals surface area contributed by atoms with Gasteiger partial charge in [0.15, 0.2) is 0 Å². The van der Waals surface area contributed by atoms with Crippen LogP contribution in [0.15, 0.2) is 30.6 Å². The molecule has 5 nitrogen and oxygen atoms in total. The van der Waals surface area contributed by atoms with Gasteiger partial charge in [-0.25, -0.2) is 4.98 Å². The Morgan fingerprint density at radius 1 is 1.44 bits per heavy atom. The third-order valence-electron chi connectivity index (χ3n) is 3.11. The number of aromatic amines is 1. The van der Waals surface area contributed by atoms with E-state index in [1.807, 2.05) is 37.0 Å². The summed E-state index contributed by atoms with van der Waals surface area (Å²) in [6.07, 6.45) is 3.78. The van der Waals surface area contributed by atoms with Crippen molar-refractivity contribution in [3.8, 4) is 0 Å². The molecule has 0 aliphatic rings. The maximum absolute atomic E-state index is 4.37. The van der Waals surface area contributed by atoms with Gasteiger partial charge in [0.05, 0.1) is 0 Å². The van der Waals surface area contributed by atoms with Crippen LogP contribution >= 0.6 is 0 Å². The van der Waals surface area contributed by atoms with E-state index in [0.717, 1.165) is 29.1 Å². The molecule has 0 unspecified atom stereocenters. The summed E-state index contributed by atoms with van der Waals surface area (Å²) in [5.41, 5.74) is 3.26. The molecule has 5 heteroatoms. The Hall–Kier alpha value is -2.30. The molecule has 3 aromatic rings. The molecule has 0 fully saturated rings. The number of nitrogens with zero attached hydrogens (tertiary/aromatic N) is 3. The van der Waals surface area contributed by atoms with Gasteiger partial charge in [0, 0.05) is 43.1 Å². The summed E-state index contributed by atoms with van der Waals surface area (Å²) in [7, 11) is 1.94. The molecule has 3 aromatic heterocycles. The number of rotatable bonds is 3. The molecule has 2 N–H and O–H groups in total. The minimum Gasteiger partial charge on any atom is -0.364 e. The van der Waals surface area contributed by atoms with Gasteiger partial charge in [-0.15, -0.1) is 0 Å². The third kappa shape index (κ3) is 1.84. The van der Waals surface area contributed by atoms with Crippen molar-refractivity contribution >= 4 is 16.9 Å². The Bertz CT molecular complexity index is 660. The number of nitrogens with one attached hydrogen (secondary N) is 2. The quantitative estimate of drug-likeness (QED) is 0.739. The minimum absolute atomic E-state index is 0.738. The summed E-state index contributed by atoms with van der Waals surface area (Å²) in [5, 5.41) is 8.84. The lowest BCUT2D eigenvalue weighted by atomic mass is 10.2. The summed E-state index contributed by atoms with van der Waals surface area (Å²) in [4.78, 5) is 7.44. The van der Waals surface area contributed by atoms with Crippen molar-refractivity contribution in [1.29, 1.82) is 0 Å². The lowest BCUT2D eigenvalue weighted by Gasteiger charge is -2.01. The van der Waals surface area contributed by atoms with Gasteiger partial charge in [0.25, 0.3) is 0 Å². The Balaban J connectivity index is 1.81. The molecule has 92 valence electrons. The number of pyridine rings is 1. The van der Waals surface area contributed by atoms with Crippen LogP contribution < -0.4 is 5.32 Å². The first kappa shape index (κ1) is 10.8. The van der Waals surface area contributed by atoms with Crippen LogP contribution in [-0.2, 0) is 13.6 Å². The summed E-state index contributed by atoms with van der Waals surface area (Å²) in [6.45, 7) is 2.77. The molecule has 3 rings (SSSR count). The molecule has 0 spiro atoms. The molecule has 3 heterocycles.